The van der Waals surface area contributed by atoms with Crippen molar-refractivity contribution in [2.24, 2.45) is 5.41 Å². The van der Waals surface area contributed by atoms with Crippen molar-refractivity contribution in [3.63, 3.8) is 0 Å². The van der Waals surface area contributed by atoms with E-state index in [4.69, 9.17) is 0 Å². The third-order valence-electron chi connectivity index (χ3n) is 5.49. The molecule has 0 bridgehead atoms. The van der Waals surface area contributed by atoms with E-state index >= 15 is 0 Å². The van der Waals surface area contributed by atoms with Crippen molar-refractivity contribution in [2.75, 3.05) is 25.0 Å². The van der Waals surface area contributed by atoms with Crippen molar-refractivity contribution in [3.8, 4) is 0 Å². The fourth-order valence-electron chi connectivity index (χ4n) is 4.08. The van der Waals surface area contributed by atoms with Crippen LogP contribution in [0.1, 0.15) is 56.0 Å². The van der Waals surface area contributed by atoms with Crippen LogP contribution in [0.15, 0.2) is 18.2 Å². The van der Waals surface area contributed by atoms with E-state index in [0.29, 0.717) is 32.4 Å². The van der Waals surface area contributed by atoms with Crippen LogP contribution in [-0.4, -0.2) is 47.9 Å². The number of hydrogen-bond donors (Lipinski definition) is 1. The Morgan fingerprint density at radius 2 is 1.81 bits per heavy atom. The highest BCUT2D eigenvalue weighted by Crippen LogP contribution is 2.47. The quantitative estimate of drug-likeness (QED) is 0.882. The highest BCUT2D eigenvalue weighted by atomic mass is 16.4. The molecule has 0 aromatic heterocycles. The summed E-state index contributed by atoms with van der Waals surface area (Å²) < 4.78 is 0. The van der Waals surface area contributed by atoms with Crippen LogP contribution in [0.2, 0.25) is 0 Å². The molecular weight excluding hydrogens is 332 g/mol. The Morgan fingerprint density at radius 3 is 2.35 bits per heavy atom. The first-order valence-corrected chi connectivity index (χ1v) is 8.99. The number of benzene rings is 1. The van der Waals surface area contributed by atoms with E-state index in [9.17, 15) is 19.5 Å². The van der Waals surface area contributed by atoms with Crippen molar-refractivity contribution in [1.82, 2.24) is 4.90 Å². The molecule has 6 nitrogen and oxygen atoms in total. The molecule has 0 atom stereocenters. The second kappa shape index (κ2) is 6.11. The highest BCUT2D eigenvalue weighted by Gasteiger charge is 2.51. The molecule has 1 fully saturated rings. The Labute approximate surface area is 153 Å². The number of anilines is 1. The zero-order valence-corrected chi connectivity index (χ0v) is 15.8. The normalized spacial score (nSPS) is 19.0. The average Bonchev–Trinajstić information content (AvgIpc) is 2.76. The van der Waals surface area contributed by atoms with Crippen molar-refractivity contribution in [1.29, 1.82) is 0 Å². The lowest BCUT2D eigenvalue weighted by molar-refractivity contribution is -0.137. The number of aromatic carboxylic acids is 1. The van der Waals surface area contributed by atoms with Crippen molar-refractivity contribution in [2.45, 2.75) is 45.4 Å². The molecule has 140 valence electrons. The number of carboxylic acids is 1. The Kier molecular flexibility index (Phi) is 4.33. The Bertz CT molecular complexity index is 771. The number of nitrogens with zero attached hydrogens (tertiary/aromatic N) is 2. The monoisotopic (exact) mass is 358 g/mol. The van der Waals surface area contributed by atoms with Crippen LogP contribution < -0.4 is 4.90 Å². The molecule has 2 aliphatic rings. The first-order chi connectivity index (χ1) is 12.0. The number of piperidine rings is 1. The molecule has 3 rings (SSSR count). The van der Waals surface area contributed by atoms with Crippen LogP contribution in [0, 0.1) is 5.41 Å². The third-order valence-corrected chi connectivity index (χ3v) is 5.49. The number of carbonyl (C=O) groups is 3. The van der Waals surface area contributed by atoms with Crippen LogP contribution in [0.5, 0.6) is 0 Å². The summed E-state index contributed by atoms with van der Waals surface area (Å²) in [4.78, 5) is 40.3. The predicted molar refractivity (Wildman–Crippen MR) is 98.4 cm³/mol. The molecule has 0 aliphatic carbocycles. The molecule has 2 heterocycles. The summed E-state index contributed by atoms with van der Waals surface area (Å²) in [5.74, 6) is -0.883. The number of carboxylic acid groups (broad SMARTS) is 1. The molecule has 1 aromatic carbocycles. The lowest BCUT2D eigenvalue weighted by atomic mass is 9.73. The molecule has 2 aliphatic heterocycles. The van der Waals surface area contributed by atoms with Crippen molar-refractivity contribution < 1.29 is 19.5 Å². The summed E-state index contributed by atoms with van der Waals surface area (Å²) in [7, 11) is 1.73. The lowest BCUT2D eigenvalue weighted by Crippen LogP contribution is -2.50. The lowest BCUT2D eigenvalue weighted by Gasteiger charge is -2.39. The smallest absolute Gasteiger partial charge is 0.335 e. The van der Waals surface area contributed by atoms with Crippen molar-refractivity contribution in [3.05, 3.63) is 29.3 Å². The number of likely N-dealkylation sites (tertiary alicyclic amines) is 1. The zero-order valence-electron chi connectivity index (χ0n) is 15.8. The Hall–Kier alpha value is -2.37. The van der Waals surface area contributed by atoms with Gasteiger partial charge >= 0.3 is 5.97 Å². The van der Waals surface area contributed by atoms with Crippen LogP contribution in [0.4, 0.5) is 5.69 Å². The molecule has 1 N–H and O–H groups in total. The maximum absolute atomic E-state index is 13.0. The van der Waals surface area contributed by atoms with Gasteiger partial charge < -0.3 is 14.9 Å². The minimum absolute atomic E-state index is 0.00189. The summed E-state index contributed by atoms with van der Waals surface area (Å²) in [6.45, 7) is 7.15. The maximum Gasteiger partial charge on any atom is 0.335 e. The molecule has 0 unspecified atom stereocenters. The van der Waals surface area contributed by atoms with E-state index in [2.05, 4.69) is 0 Å². The van der Waals surface area contributed by atoms with Crippen LogP contribution in [-0.2, 0) is 15.0 Å². The number of fused-ring (bicyclic) bond motifs is 2. The van der Waals surface area contributed by atoms with Crippen LogP contribution >= 0.6 is 0 Å². The maximum atomic E-state index is 13.0. The van der Waals surface area contributed by atoms with E-state index in [1.54, 1.807) is 24.1 Å². The fraction of sp³-hybridized carbons (Fsp3) is 0.550. The molecule has 6 heteroatoms. The van der Waals surface area contributed by atoms with E-state index < -0.39 is 11.4 Å². The standard InChI is InChI=1S/C20H26N2O4/c1-19(2,3)12-16(23)22-9-7-20(8-10-22)14-11-13(17(24)25)5-6-15(14)21(4)18(20)26/h5-6,11H,7-10,12H2,1-4H3,(H,24,25). The molecule has 1 spiro atoms. The van der Waals surface area contributed by atoms with E-state index in [1.165, 1.54) is 6.07 Å². The highest BCUT2D eigenvalue weighted by molar-refractivity contribution is 6.08. The van der Waals surface area contributed by atoms with Gasteiger partial charge in [-0.3, -0.25) is 9.59 Å². The van der Waals surface area contributed by atoms with Gasteiger partial charge in [-0.1, -0.05) is 20.8 Å². The number of likely N-dealkylation sites (N-methyl/N-ethyl adjacent to an activating group) is 1. The first-order valence-electron chi connectivity index (χ1n) is 8.99. The van der Waals surface area contributed by atoms with E-state index in [-0.39, 0.29) is 22.8 Å². The topological polar surface area (TPSA) is 77.9 Å². The fourth-order valence-corrected chi connectivity index (χ4v) is 4.08. The molecule has 0 saturated carbocycles. The predicted octanol–water partition coefficient (Wildman–Crippen LogP) is 2.66. The van der Waals surface area contributed by atoms with Crippen LogP contribution in [0.25, 0.3) is 0 Å². The summed E-state index contributed by atoms with van der Waals surface area (Å²) in [6.07, 6.45) is 1.54. The summed E-state index contributed by atoms with van der Waals surface area (Å²) in [5.41, 5.74) is 0.965. The molecule has 26 heavy (non-hydrogen) atoms. The Morgan fingerprint density at radius 1 is 1.19 bits per heavy atom. The number of amides is 2. The van der Waals surface area contributed by atoms with Gasteiger partial charge in [0.15, 0.2) is 0 Å². The minimum Gasteiger partial charge on any atom is -0.478 e. The second-order valence-corrected chi connectivity index (χ2v) is 8.60. The van der Waals surface area contributed by atoms with Gasteiger partial charge in [0.2, 0.25) is 11.8 Å². The second-order valence-electron chi connectivity index (χ2n) is 8.60. The van der Waals surface area contributed by atoms with E-state index in [1.807, 2.05) is 25.7 Å². The number of carbonyl (C=O) groups excluding carboxylic acids is 2. The largest absolute Gasteiger partial charge is 0.478 e. The average molecular weight is 358 g/mol. The summed E-state index contributed by atoms with van der Waals surface area (Å²) in [6, 6.07) is 4.88. The van der Waals surface area contributed by atoms with Gasteiger partial charge in [-0.2, -0.15) is 0 Å². The molecule has 1 aromatic rings. The summed E-state index contributed by atoms with van der Waals surface area (Å²) >= 11 is 0. The molecular formula is C20H26N2O4. The number of hydrogen-bond acceptors (Lipinski definition) is 3. The first kappa shape index (κ1) is 18.4. The summed E-state index contributed by atoms with van der Waals surface area (Å²) in [5, 5.41) is 9.31. The zero-order chi connectivity index (χ0) is 19.3. The molecule has 1 saturated heterocycles. The molecule has 0 radical (unpaired) electrons. The van der Waals surface area contributed by atoms with Gasteiger partial charge in [0, 0.05) is 32.2 Å². The molecule has 2 amide bonds. The Balaban J connectivity index is 1.87. The van der Waals surface area contributed by atoms with Crippen molar-refractivity contribution >= 4 is 23.5 Å². The van der Waals surface area contributed by atoms with Gasteiger partial charge in [0.05, 0.1) is 11.0 Å². The van der Waals surface area contributed by atoms with Gasteiger partial charge in [-0.15, -0.1) is 0 Å². The van der Waals surface area contributed by atoms with Crippen LogP contribution in [0.3, 0.4) is 0 Å². The van der Waals surface area contributed by atoms with Gasteiger partial charge in [0.25, 0.3) is 0 Å². The van der Waals surface area contributed by atoms with E-state index in [0.717, 1.165) is 11.3 Å². The van der Waals surface area contributed by atoms with Gasteiger partial charge in [-0.05, 0) is 42.0 Å². The SMILES string of the molecule is CN1C(=O)C2(CCN(C(=O)CC(C)(C)C)CC2)c2cc(C(=O)O)ccc21. The van der Waals surface area contributed by atoms with Gasteiger partial charge in [0.1, 0.15) is 0 Å². The number of rotatable bonds is 2. The van der Waals surface area contributed by atoms with Gasteiger partial charge in [-0.25, -0.2) is 4.79 Å². The minimum atomic E-state index is -0.997. The third kappa shape index (κ3) is 2.97.